The van der Waals surface area contributed by atoms with Crippen molar-refractivity contribution < 1.29 is 28.6 Å². The molecule has 2 unspecified atom stereocenters. The molecule has 0 amide bonds. The quantitative estimate of drug-likeness (QED) is 0.0345. The lowest BCUT2D eigenvalue weighted by atomic mass is 9.99. The maximum Gasteiger partial charge on any atom is 0.306 e. The van der Waals surface area contributed by atoms with Crippen LogP contribution in [0.4, 0.5) is 0 Å². The molecule has 350 valence electrons. The fourth-order valence-electron chi connectivity index (χ4n) is 7.87. The summed E-state index contributed by atoms with van der Waals surface area (Å²) in [5.74, 6) is 1.67. The van der Waals surface area contributed by atoms with Crippen LogP contribution in [0, 0.1) is 17.8 Å². The molecule has 0 aliphatic carbocycles. The summed E-state index contributed by atoms with van der Waals surface area (Å²) in [6.45, 7) is 13.7. The summed E-state index contributed by atoms with van der Waals surface area (Å²) in [7, 11) is 0. The molecule has 0 bridgehead atoms. The van der Waals surface area contributed by atoms with E-state index in [1.165, 1.54) is 167 Å². The molecule has 0 N–H and O–H groups in total. The van der Waals surface area contributed by atoms with Gasteiger partial charge in [0.05, 0.1) is 0 Å². The van der Waals surface area contributed by atoms with Crippen LogP contribution in [0.2, 0.25) is 0 Å². The normalized spacial score (nSPS) is 13.1. The minimum Gasteiger partial charge on any atom is -0.462 e. The van der Waals surface area contributed by atoms with Gasteiger partial charge in [0.15, 0.2) is 6.10 Å². The maximum absolute atomic E-state index is 12.8. The summed E-state index contributed by atoms with van der Waals surface area (Å²) in [5.41, 5.74) is 0. The molecule has 0 radical (unpaired) electrons. The molecule has 0 saturated carbocycles. The molecule has 3 atom stereocenters. The minimum absolute atomic E-state index is 0.0654. The van der Waals surface area contributed by atoms with E-state index in [2.05, 4.69) is 41.5 Å². The van der Waals surface area contributed by atoms with Gasteiger partial charge in [-0.25, -0.2) is 0 Å². The van der Waals surface area contributed by atoms with Crippen molar-refractivity contribution in [3.63, 3.8) is 0 Å². The van der Waals surface area contributed by atoms with E-state index in [-0.39, 0.29) is 31.1 Å². The van der Waals surface area contributed by atoms with Crippen molar-refractivity contribution in [2.45, 2.75) is 292 Å². The van der Waals surface area contributed by atoms with Gasteiger partial charge in [-0.3, -0.25) is 14.4 Å². The summed E-state index contributed by atoms with van der Waals surface area (Å²) < 4.78 is 16.8. The van der Waals surface area contributed by atoms with Crippen LogP contribution < -0.4 is 0 Å². The Morgan fingerprint density at radius 1 is 0.339 bits per heavy atom. The summed E-state index contributed by atoms with van der Waals surface area (Å²) in [6, 6.07) is 0. The molecule has 0 saturated heterocycles. The molecule has 0 aliphatic heterocycles. The zero-order valence-electron chi connectivity index (χ0n) is 40.5. The summed E-state index contributed by atoms with van der Waals surface area (Å²) in [4.78, 5) is 37.9. The SMILES string of the molecule is CCC(C)CCCCCCCCCCCCCCCCC(=O)OC[C@@H](COC(=O)CCCCCCCCC(C)C)OC(=O)CCCCCCCCCCCCC(C)CC. The third kappa shape index (κ3) is 44.3. The standard InChI is InChI=1S/C53H102O6/c1-7-48(5)40-34-28-21-17-13-11-9-10-12-14-19-23-30-36-42-51(54)57-45-50(46-58-52(55)43-37-31-26-25-27-33-39-47(3)4)59-53(56)44-38-32-24-20-16-15-18-22-29-35-41-49(6)8-2/h47-50H,7-46H2,1-6H3/t48?,49?,50-/m0/s1. The second-order valence-corrected chi connectivity index (χ2v) is 19.1. The second-order valence-electron chi connectivity index (χ2n) is 19.1. The average molecular weight is 835 g/mol. The van der Waals surface area contributed by atoms with Gasteiger partial charge in [0.1, 0.15) is 13.2 Å². The number of unbranched alkanes of at least 4 members (excludes halogenated alkanes) is 27. The van der Waals surface area contributed by atoms with Gasteiger partial charge in [0, 0.05) is 19.3 Å². The van der Waals surface area contributed by atoms with Gasteiger partial charge in [-0.05, 0) is 37.0 Å². The number of rotatable bonds is 46. The third-order valence-corrected chi connectivity index (χ3v) is 12.6. The van der Waals surface area contributed by atoms with Crippen molar-refractivity contribution in [2.75, 3.05) is 13.2 Å². The van der Waals surface area contributed by atoms with Gasteiger partial charge in [-0.15, -0.1) is 0 Å². The molecular formula is C53H102O6. The highest BCUT2D eigenvalue weighted by Crippen LogP contribution is 2.18. The highest BCUT2D eigenvalue weighted by atomic mass is 16.6. The Hall–Kier alpha value is -1.59. The zero-order valence-corrected chi connectivity index (χ0v) is 40.5. The molecule has 0 aliphatic rings. The van der Waals surface area contributed by atoms with Crippen LogP contribution in [0.5, 0.6) is 0 Å². The van der Waals surface area contributed by atoms with Crippen LogP contribution in [-0.2, 0) is 28.6 Å². The van der Waals surface area contributed by atoms with E-state index >= 15 is 0 Å². The predicted molar refractivity (Wildman–Crippen MR) is 252 cm³/mol. The van der Waals surface area contributed by atoms with Crippen LogP contribution >= 0.6 is 0 Å². The number of esters is 3. The molecule has 6 nitrogen and oxygen atoms in total. The Labute approximate surface area is 368 Å². The largest absolute Gasteiger partial charge is 0.462 e. The van der Waals surface area contributed by atoms with E-state index in [1.807, 2.05) is 0 Å². The second kappa shape index (κ2) is 44.5. The lowest BCUT2D eigenvalue weighted by Crippen LogP contribution is -2.30. The summed E-state index contributed by atoms with van der Waals surface area (Å²) in [6.07, 6.45) is 43.8. The summed E-state index contributed by atoms with van der Waals surface area (Å²) >= 11 is 0. The van der Waals surface area contributed by atoms with Gasteiger partial charge >= 0.3 is 17.9 Å². The molecular weight excluding hydrogens is 733 g/mol. The lowest BCUT2D eigenvalue weighted by Gasteiger charge is -2.18. The van der Waals surface area contributed by atoms with E-state index in [0.29, 0.717) is 19.3 Å². The highest BCUT2D eigenvalue weighted by molar-refractivity contribution is 5.71. The monoisotopic (exact) mass is 835 g/mol. The van der Waals surface area contributed by atoms with Crippen molar-refractivity contribution in [2.24, 2.45) is 17.8 Å². The first-order valence-corrected chi connectivity index (χ1v) is 26.2. The van der Waals surface area contributed by atoms with E-state index < -0.39 is 6.10 Å². The Bertz CT molecular complexity index is 918. The fourth-order valence-corrected chi connectivity index (χ4v) is 7.87. The van der Waals surface area contributed by atoms with E-state index in [1.54, 1.807) is 0 Å². The zero-order chi connectivity index (χ0) is 43.4. The van der Waals surface area contributed by atoms with Crippen LogP contribution in [0.25, 0.3) is 0 Å². The molecule has 0 aromatic carbocycles. The molecule has 0 rings (SSSR count). The number of hydrogen-bond acceptors (Lipinski definition) is 6. The Balaban J connectivity index is 4.26. The van der Waals surface area contributed by atoms with Crippen molar-refractivity contribution in [3.8, 4) is 0 Å². The van der Waals surface area contributed by atoms with Crippen LogP contribution in [0.3, 0.4) is 0 Å². The van der Waals surface area contributed by atoms with Crippen LogP contribution in [0.15, 0.2) is 0 Å². The van der Waals surface area contributed by atoms with Crippen molar-refractivity contribution in [1.29, 1.82) is 0 Å². The van der Waals surface area contributed by atoms with Gasteiger partial charge in [0.25, 0.3) is 0 Å². The van der Waals surface area contributed by atoms with Crippen molar-refractivity contribution in [3.05, 3.63) is 0 Å². The van der Waals surface area contributed by atoms with Crippen LogP contribution in [-0.4, -0.2) is 37.2 Å². The van der Waals surface area contributed by atoms with E-state index in [0.717, 1.165) is 75.5 Å². The number of hydrogen-bond donors (Lipinski definition) is 0. The molecule has 6 heteroatoms. The number of ether oxygens (including phenoxy) is 3. The third-order valence-electron chi connectivity index (χ3n) is 12.6. The van der Waals surface area contributed by atoms with Gasteiger partial charge < -0.3 is 14.2 Å². The molecule has 0 fully saturated rings. The lowest BCUT2D eigenvalue weighted by molar-refractivity contribution is -0.167. The van der Waals surface area contributed by atoms with Gasteiger partial charge in [-0.1, -0.05) is 247 Å². The Morgan fingerprint density at radius 3 is 0.881 bits per heavy atom. The average Bonchev–Trinajstić information content (AvgIpc) is 3.22. The van der Waals surface area contributed by atoms with Crippen molar-refractivity contribution in [1.82, 2.24) is 0 Å². The first kappa shape index (κ1) is 57.4. The Morgan fingerprint density at radius 2 is 0.593 bits per heavy atom. The first-order chi connectivity index (χ1) is 28.7. The number of carbonyl (C=O) groups is 3. The highest BCUT2D eigenvalue weighted by Gasteiger charge is 2.19. The number of carbonyl (C=O) groups excluding carboxylic acids is 3. The Kier molecular flexibility index (Phi) is 43.3. The van der Waals surface area contributed by atoms with E-state index in [4.69, 9.17) is 14.2 Å². The van der Waals surface area contributed by atoms with Crippen molar-refractivity contribution >= 4 is 17.9 Å². The molecule has 59 heavy (non-hydrogen) atoms. The van der Waals surface area contributed by atoms with Crippen LogP contribution in [0.1, 0.15) is 286 Å². The topological polar surface area (TPSA) is 78.9 Å². The minimum atomic E-state index is -0.763. The van der Waals surface area contributed by atoms with Gasteiger partial charge in [-0.2, -0.15) is 0 Å². The molecule has 0 aromatic heterocycles. The smallest absolute Gasteiger partial charge is 0.306 e. The predicted octanol–water partition coefficient (Wildman–Crippen LogP) is 16.8. The first-order valence-electron chi connectivity index (χ1n) is 26.2. The molecule has 0 heterocycles. The maximum atomic E-state index is 12.8. The summed E-state index contributed by atoms with van der Waals surface area (Å²) in [5, 5.41) is 0. The van der Waals surface area contributed by atoms with Gasteiger partial charge in [0.2, 0.25) is 0 Å². The fraction of sp³-hybridized carbons (Fsp3) is 0.943. The van der Waals surface area contributed by atoms with E-state index in [9.17, 15) is 14.4 Å². The molecule has 0 spiro atoms. The molecule has 0 aromatic rings.